The number of nitrogens with zero attached hydrogens (tertiary/aromatic N) is 1. The Morgan fingerprint density at radius 1 is 0.354 bits per heavy atom. The summed E-state index contributed by atoms with van der Waals surface area (Å²) in [5.74, 6) is 0. The number of para-hydroxylation sites is 1. The molecule has 2 heteroatoms. The van der Waals surface area contributed by atoms with Crippen LogP contribution in [0.2, 0.25) is 0 Å². The maximum atomic E-state index is 6.39. The van der Waals surface area contributed by atoms with Crippen LogP contribution in [0.3, 0.4) is 0 Å². The van der Waals surface area contributed by atoms with E-state index < -0.39 is 0 Å². The molecule has 0 radical (unpaired) electrons. The summed E-state index contributed by atoms with van der Waals surface area (Å²) in [6.45, 7) is 0. The average molecular weight is 612 g/mol. The van der Waals surface area contributed by atoms with Gasteiger partial charge in [-0.3, -0.25) is 0 Å². The van der Waals surface area contributed by atoms with E-state index in [1.807, 2.05) is 12.1 Å². The number of anilines is 3. The van der Waals surface area contributed by atoms with Crippen LogP contribution in [0, 0.1) is 0 Å². The van der Waals surface area contributed by atoms with E-state index in [4.69, 9.17) is 4.42 Å². The Labute approximate surface area is 277 Å². The van der Waals surface area contributed by atoms with Gasteiger partial charge in [0.25, 0.3) is 0 Å². The number of hydrogen-bond acceptors (Lipinski definition) is 2. The zero-order valence-corrected chi connectivity index (χ0v) is 26.1. The van der Waals surface area contributed by atoms with Crippen molar-refractivity contribution in [2.75, 3.05) is 4.90 Å². The fourth-order valence-electron chi connectivity index (χ4n) is 7.55. The molecule has 0 aliphatic carbocycles. The third-order valence-corrected chi connectivity index (χ3v) is 9.81. The topological polar surface area (TPSA) is 16.4 Å². The minimum atomic E-state index is 0.917. The highest BCUT2D eigenvalue weighted by Crippen LogP contribution is 2.43. The molecule has 48 heavy (non-hydrogen) atoms. The van der Waals surface area contributed by atoms with Crippen LogP contribution in [-0.2, 0) is 0 Å². The Morgan fingerprint density at radius 3 is 1.83 bits per heavy atom. The SMILES string of the molecule is c1ccc2c(N(c3ccc(-c4cc5ccccc5c5ccccc45)cc3)c3ccc4c(ccc5c6ccccc6oc45)c3)cccc2c1. The highest BCUT2D eigenvalue weighted by atomic mass is 16.3. The number of hydrogen-bond donors (Lipinski definition) is 0. The van der Waals surface area contributed by atoms with E-state index in [9.17, 15) is 0 Å². The van der Waals surface area contributed by atoms with Crippen LogP contribution in [0.5, 0.6) is 0 Å². The fraction of sp³-hybridized carbons (Fsp3) is 0. The molecule has 0 amide bonds. The first-order valence-electron chi connectivity index (χ1n) is 16.4. The summed E-state index contributed by atoms with van der Waals surface area (Å²) in [6, 6.07) is 63.4. The van der Waals surface area contributed by atoms with E-state index in [1.54, 1.807) is 0 Å². The van der Waals surface area contributed by atoms with Gasteiger partial charge in [0.05, 0.1) is 5.69 Å². The standard InChI is InChI=1S/C46H29NO/c1-4-14-37-30(10-1)12-9-18-44(37)47(35-25-27-38-33(28-35)22-26-42-41-17-7-8-19-45(41)48-46(38)42)34-23-20-31(21-24-34)43-29-32-11-2-3-13-36(32)39-15-5-6-16-40(39)43/h1-29H. The zero-order chi connectivity index (χ0) is 31.6. The van der Waals surface area contributed by atoms with Gasteiger partial charge in [-0.25, -0.2) is 0 Å². The van der Waals surface area contributed by atoms with Gasteiger partial charge in [0.2, 0.25) is 0 Å². The van der Waals surface area contributed by atoms with E-state index in [0.29, 0.717) is 0 Å². The van der Waals surface area contributed by atoms with Gasteiger partial charge in [-0.2, -0.15) is 0 Å². The molecule has 0 bridgehead atoms. The molecule has 1 heterocycles. The average Bonchev–Trinajstić information content (AvgIpc) is 3.54. The quantitative estimate of drug-likeness (QED) is 0.184. The van der Waals surface area contributed by atoms with Crippen LogP contribution < -0.4 is 4.90 Å². The van der Waals surface area contributed by atoms with Crippen molar-refractivity contribution in [3.63, 3.8) is 0 Å². The van der Waals surface area contributed by atoms with Crippen molar-refractivity contribution >= 4 is 82.1 Å². The van der Waals surface area contributed by atoms with Gasteiger partial charge in [0, 0.05) is 32.9 Å². The van der Waals surface area contributed by atoms with Gasteiger partial charge < -0.3 is 9.32 Å². The normalized spacial score (nSPS) is 11.8. The lowest BCUT2D eigenvalue weighted by molar-refractivity contribution is 0.672. The molecule has 0 saturated carbocycles. The predicted molar refractivity (Wildman–Crippen MR) is 204 cm³/mol. The molecule has 2 nitrogen and oxygen atoms in total. The van der Waals surface area contributed by atoms with E-state index in [1.165, 1.54) is 43.4 Å². The van der Waals surface area contributed by atoms with Crippen LogP contribution in [0.1, 0.15) is 0 Å². The lowest BCUT2D eigenvalue weighted by Gasteiger charge is -2.27. The Morgan fingerprint density at radius 2 is 0.979 bits per heavy atom. The molecular formula is C46H29NO. The van der Waals surface area contributed by atoms with Crippen LogP contribution in [0.4, 0.5) is 17.1 Å². The summed E-state index contributed by atoms with van der Waals surface area (Å²) >= 11 is 0. The first-order valence-corrected chi connectivity index (χ1v) is 16.4. The second-order valence-electron chi connectivity index (χ2n) is 12.5. The van der Waals surface area contributed by atoms with Gasteiger partial charge in [-0.1, -0.05) is 121 Å². The summed E-state index contributed by atoms with van der Waals surface area (Å²) < 4.78 is 6.39. The van der Waals surface area contributed by atoms with Crippen molar-refractivity contribution in [3.05, 3.63) is 176 Å². The summed E-state index contributed by atoms with van der Waals surface area (Å²) in [4.78, 5) is 2.38. The van der Waals surface area contributed by atoms with Gasteiger partial charge in [-0.15, -0.1) is 0 Å². The van der Waals surface area contributed by atoms with Crippen molar-refractivity contribution < 1.29 is 4.42 Å². The second-order valence-corrected chi connectivity index (χ2v) is 12.5. The van der Waals surface area contributed by atoms with Crippen LogP contribution in [0.15, 0.2) is 180 Å². The minimum absolute atomic E-state index is 0.917. The molecule has 10 rings (SSSR count). The minimum Gasteiger partial charge on any atom is -0.455 e. The van der Waals surface area contributed by atoms with E-state index in [2.05, 4.69) is 169 Å². The second kappa shape index (κ2) is 10.6. The molecule has 0 N–H and O–H groups in total. The van der Waals surface area contributed by atoms with Crippen LogP contribution >= 0.6 is 0 Å². The number of fused-ring (bicyclic) bond motifs is 9. The van der Waals surface area contributed by atoms with Gasteiger partial charge >= 0.3 is 0 Å². The largest absolute Gasteiger partial charge is 0.455 e. The molecule has 0 saturated heterocycles. The van der Waals surface area contributed by atoms with Crippen molar-refractivity contribution in [1.29, 1.82) is 0 Å². The Bertz CT molecular complexity index is 2840. The Balaban J connectivity index is 1.16. The van der Waals surface area contributed by atoms with E-state index in [0.717, 1.165) is 49.8 Å². The molecule has 9 aromatic carbocycles. The maximum Gasteiger partial charge on any atom is 0.143 e. The molecule has 0 fully saturated rings. The summed E-state index contributed by atoms with van der Waals surface area (Å²) in [6.07, 6.45) is 0. The van der Waals surface area contributed by atoms with E-state index >= 15 is 0 Å². The number of furan rings is 1. The molecule has 0 aliphatic heterocycles. The molecule has 1 aromatic heterocycles. The lowest BCUT2D eigenvalue weighted by Crippen LogP contribution is -2.10. The highest BCUT2D eigenvalue weighted by molar-refractivity contribution is 6.16. The smallest absolute Gasteiger partial charge is 0.143 e. The number of benzene rings is 9. The third-order valence-electron chi connectivity index (χ3n) is 9.81. The zero-order valence-electron chi connectivity index (χ0n) is 26.1. The van der Waals surface area contributed by atoms with E-state index in [-0.39, 0.29) is 0 Å². The molecule has 0 unspecified atom stereocenters. The molecule has 224 valence electrons. The van der Waals surface area contributed by atoms with Crippen LogP contribution in [-0.4, -0.2) is 0 Å². The van der Waals surface area contributed by atoms with Crippen molar-refractivity contribution in [2.45, 2.75) is 0 Å². The van der Waals surface area contributed by atoms with Gasteiger partial charge in [0.15, 0.2) is 0 Å². The summed E-state index contributed by atoms with van der Waals surface area (Å²) in [5.41, 5.74) is 7.63. The third kappa shape index (κ3) is 4.13. The first kappa shape index (κ1) is 26.8. The first-order chi connectivity index (χ1) is 23.8. The number of rotatable bonds is 4. The highest BCUT2D eigenvalue weighted by Gasteiger charge is 2.18. The lowest BCUT2D eigenvalue weighted by atomic mass is 9.93. The maximum absolute atomic E-state index is 6.39. The molecule has 0 atom stereocenters. The van der Waals surface area contributed by atoms with Crippen molar-refractivity contribution in [2.24, 2.45) is 0 Å². The monoisotopic (exact) mass is 611 g/mol. The van der Waals surface area contributed by atoms with Crippen LogP contribution in [0.25, 0.3) is 76.2 Å². The molecule has 0 spiro atoms. The van der Waals surface area contributed by atoms with Gasteiger partial charge in [0.1, 0.15) is 11.2 Å². The summed E-state index contributed by atoms with van der Waals surface area (Å²) in [5, 5.41) is 12.1. The molecule has 0 aliphatic rings. The van der Waals surface area contributed by atoms with Crippen molar-refractivity contribution in [1.82, 2.24) is 0 Å². The van der Waals surface area contributed by atoms with Gasteiger partial charge in [-0.05, 0) is 98.0 Å². The van der Waals surface area contributed by atoms with Crippen molar-refractivity contribution in [3.8, 4) is 11.1 Å². The molecular weight excluding hydrogens is 583 g/mol. The Hall–Kier alpha value is -6.38. The predicted octanol–water partition coefficient (Wildman–Crippen LogP) is 13.3. The Kier molecular flexibility index (Phi) is 5.91. The molecule has 10 aromatic rings. The fourth-order valence-corrected chi connectivity index (χ4v) is 7.55. The summed E-state index contributed by atoms with van der Waals surface area (Å²) in [7, 11) is 0.